The predicted molar refractivity (Wildman–Crippen MR) is 83.1 cm³/mol. The van der Waals surface area contributed by atoms with Crippen LogP contribution in [0.5, 0.6) is 0 Å². The highest BCUT2D eigenvalue weighted by Gasteiger charge is 2.61. The second kappa shape index (κ2) is 5.82. The third kappa shape index (κ3) is 2.92. The normalized spacial score (nSPS) is 32.4. The Balaban J connectivity index is 2.05. The van der Waals surface area contributed by atoms with E-state index in [1.807, 2.05) is 0 Å². The molecule has 11 N–H and O–H groups in total. The highest BCUT2D eigenvalue weighted by atomic mass is 31.2. The van der Waals surface area contributed by atoms with Crippen molar-refractivity contribution in [3.63, 3.8) is 0 Å². The molecule has 0 radical (unpaired) electrons. The summed E-state index contributed by atoms with van der Waals surface area (Å²) in [6.45, 7) is -1.17. The fourth-order valence-corrected chi connectivity index (χ4v) is 3.19. The first kappa shape index (κ1) is 18.9. The lowest BCUT2D eigenvalue weighted by Crippen LogP contribution is -2.55. The molecule has 0 bridgehead atoms. The van der Waals surface area contributed by atoms with E-state index < -0.39 is 43.6 Å². The van der Waals surface area contributed by atoms with Gasteiger partial charge in [-0.15, -0.1) is 0 Å². The van der Waals surface area contributed by atoms with Crippen LogP contribution in [-0.2, 0) is 14.8 Å². The number of aliphatic hydroxyl groups excluding tert-OH is 2. The number of phosphoric acid groups is 1. The van der Waals surface area contributed by atoms with Gasteiger partial charge in [-0.3, -0.25) is 19.6 Å². The Hall–Kier alpha value is -1.87. The van der Waals surface area contributed by atoms with Gasteiger partial charge in [0.1, 0.15) is 29.8 Å². The van der Waals surface area contributed by atoms with E-state index in [2.05, 4.69) is 24.8 Å². The molecule has 1 saturated heterocycles. The van der Waals surface area contributed by atoms with E-state index in [0.29, 0.717) is 0 Å². The molecule has 0 aliphatic carbocycles. The summed E-state index contributed by atoms with van der Waals surface area (Å²) in [6.07, 6.45) is -3.12. The number of H-pyrrole nitrogens is 2. The zero-order chi connectivity index (χ0) is 19.5. The molecule has 15 heteroatoms. The maximum Gasteiger partial charge on any atom is 0.469 e. The van der Waals surface area contributed by atoms with Gasteiger partial charge >= 0.3 is 7.82 Å². The molecule has 0 amide bonds. The molecule has 0 aromatic carbocycles. The van der Waals surface area contributed by atoms with Crippen LogP contribution in [0.2, 0.25) is 0 Å². The highest BCUT2D eigenvalue weighted by Crippen LogP contribution is 2.42. The minimum absolute atomic E-state index is 0.104. The van der Waals surface area contributed by atoms with Gasteiger partial charge < -0.3 is 40.9 Å². The first-order chi connectivity index (χ1) is 11.9. The molecule has 1 aliphatic heterocycles. The summed E-state index contributed by atoms with van der Waals surface area (Å²) in [5.74, 6) is -0.292. The Morgan fingerprint density at radius 3 is 2.58 bits per heavy atom. The minimum atomic E-state index is -5.02. The van der Waals surface area contributed by atoms with Gasteiger partial charge in [-0.25, -0.2) is 9.55 Å². The highest BCUT2D eigenvalue weighted by molar-refractivity contribution is 7.46. The molecule has 2 aromatic rings. The van der Waals surface area contributed by atoms with Crippen LogP contribution in [0.15, 0.2) is 11.0 Å². The molecule has 4 atom stereocenters. The number of phosphoric ester groups is 1. The van der Waals surface area contributed by atoms with E-state index in [0.717, 1.165) is 6.20 Å². The minimum Gasteiger partial charge on any atom is -0.386 e. The topological polar surface area (TPSA) is 247 Å². The average molecular weight is 393 g/mol. The zero-order valence-corrected chi connectivity index (χ0v) is 13.7. The maximum atomic E-state index is 11.8. The van der Waals surface area contributed by atoms with Crippen LogP contribution in [-0.4, -0.2) is 69.7 Å². The van der Waals surface area contributed by atoms with Crippen LogP contribution in [0.25, 0.3) is 11.0 Å². The lowest BCUT2D eigenvalue weighted by molar-refractivity contribution is -0.119. The first-order valence-electron chi connectivity index (χ1n) is 7.05. The van der Waals surface area contributed by atoms with E-state index in [-0.39, 0.29) is 22.5 Å². The lowest BCUT2D eigenvalue weighted by Gasteiger charge is -2.29. The van der Waals surface area contributed by atoms with Crippen molar-refractivity contribution in [2.45, 2.75) is 23.7 Å². The van der Waals surface area contributed by atoms with Gasteiger partial charge in [-0.05, 0) is 0 Å². The summed E-state index contributed by atoms with van der Waals surface area (Å²) in [5, 5.41) is 43.5. The third-order valence-electron chi connectivity index (χ3n) is 4.04. The second-order valence-electron chi connectivity index (χ2n) is 5.85. The van der Waals surface area contributed by atoms with Crippen LogP contribution in [0, 0.1) is 0 Å². The predicted octanol–water partition coefficient (Wildman–Crippen LogP) is -3.90. The van der Waals surface area contributed by atoms with Crippen LogP contribution in [0.3, 0.4) is 0 Å². The SMILES string of the molecule is Nc1nc2c([C@@]3(O)N[C@@](O)(COP(=O)(O)O)[C@@H](O)[C@H]3O)c[nH]c2c(=O)[nH]1. The Morgan fingerprint density at radius 1 is 1.31 bits per heavy atom. The Kier molecular flexibility index (Phi) is 4.23. The van der Waals surface area contributed by atoms with Crippen LogP contribution in [0.4, 0.5) is 5.95 Å². The molecule has 1 fully saturated rings. The lowest BCUT2D eigenvalue weighted by atomic mass is 9.98. The Morgan fingerprint density at radius 2 is 1.96 bits per heavy atom. The fourth-order valence-electron chi connectivity index (χ4n) is 2.82. The summed E-state index contributed by atoms with van der Waals surface area (Å²) >= 11 is 0. The molecule has 0 unspecified atom stereocenters. The molecule has 26 heavy (non-hydrogen) atoms. The van der Waals surface area contributed by atoms with Gasteiger partial charge in [0.05, 0.1) is 0 Å². The molecule has 0 saturated carbocycles. The monoisotopic (exact) mass is 393 g/mol. The summed E-state index contributed by atoms with van der Waals surface area (Å²) in [5.41, 5.74) is -0.916. The fraction of sp³-hybridized carbons (Fsp3) is 0.455. The molecular formula is C11H16N5O9P. The number of hydrogen-bond acceptors (Lipinski definition) is 10. The molecule has 14 nitrogen and oxygen atoms in total. The average Bonchev–Trinajstić information content (AvgIpc) is 3.01. The maximum absolute atomic E-state index is 11.8. The standard InChI is InChI=1S/C11H16N5O9P/c12-9-14-4-3(1-13-5(4)8(19)15-9)11(21)7(18)6(17)10(20,16-11)2-25-26(22,23)24/h1,6-7,13,16-18,20-21H,2H2,(H2,22,23,24)(H3,12,14,15,19)/t6-,7+,10+,11-/m0/s1. The van der Waals surface area contributed by atoms with E-state index >= 15 is 0 Å². The van der Waals surface area contributed by atoms with Gasteiger partial charge in [0.15, 0.2) is 11.4 Å². The van der Waals surface area contributed by atoms with Gasteiger partial charge in [0, 0.05) is 11.8 Å². The summed E-state index contributed by atoms with van der Waals surface area (Å²) in [4.78, 5) is 37.9. The molecule has 1 aliphatic rings. The largest absolute Gasteiger partial charge is 0.469 e. The van der Waals surface area contributed by atoms with Crippen molar-refractivity contribution in [2.75, 3.05) is 12.3 Å². The van der Waals surface area contributed by atoms with E-state index in [1.165, 1.54) is 0 Å². The molecular weight excluding hydrogens is 377 g/mol. The number of anilines is 1. The number of fused-ring (bicyclic) bond motifs is 1. The number of aromatic amines is 2. The van der Waals surface area contributed by atoms with Gasteiger partial charge in [0.25, 0.3) is 5.56 Å². The number of aromatic nitrogens is 3. The number of aliphatic hydroxyl groups is 4. The number of nitrogens with one attached hydrogen (secondary N) is 3. The molecule has 0 spiro atoms. The number of nitrogen functional groups attached to an aromatic ring is 1. The second-order valence-corrected chi connectivity index (χ2v) is 7.09. The number of nitrogens with two attached hydrogens (primary N) is 1. The summed E-state index contributed by atoms with van der Waals surface area (Å²) in [6, 6.07) is 0. The van der Waals surface area contributed by atoms with Crippen molar-refractivity contribution in [1.82, 2.24) is 20.3 Å². The number of rotatable bonds is 4. The van der Waals surface area contributed by atoms with Crippen LogP contribution in [0.1, 0.15) is 5.56 Å². The van der Waals surface area contributed by atoms with Gasteiger partial charge in [0.2, 0.25) is 5.95 Å². The Bertz CT molecular complexity index is 955. The van der Waals surface area contributed by atoms with Crippen molar-refractivity contribution in [1.29, 1.82) is 0 Å². The molecule has 144 valence electrons. The third-order valence-corrected chi connectivity index (χ3v) is 4.51. The van der Waals surface area contributed by atoms with E-state index in [4.69, 9.17) is 15.5 Å². The quantitative estimate of drug-likeness (QED) is 0.224. The number of hydrogen-bond donors (Lipinski definition) is 10. The van der Waals surface area contributed by atoms with Gasteiger partial charge in [-0.2, -0.15) is 0 Å². The van der Waals surface area contributed by atoms with Crippen molar-refractivity contribution in [3.05, 3.63) is 22.1 Å². The smallest absolute Gasteiger partial charge is 0.386 e. The molecule has 2 aromatic heterocycles. The molecule has 3 rings (SSSR count). The molecule has 3 heterocycles. The summed E-state index contributed by atoms with van der Waals surface area (Å²) < 4.78 is 15.0. The Labute approximate surface area is 143 Å². The zero-order valence-electron chi connectivity index (χ0n) is 12.8. The van der Waals surface area contributed by atoms with Crippen molar-refractivity contribution in [2.24, 2.45) is 0 Å². The number of nitrogens with zero attached hydrogens (tertiary/aromatic N) is 1. The van der Waals surface area contributed by atoms with Gasteiger partial charge in [-0.1, -0.05) is 0 Å². The summed E-state index contributed by atoms with van der Waals surface area (Å²) in [7, 11) is -5.02. The van der Waals surface area contributed by atoms with Crippen molar-refractivity contribution >= 4 is 24.8 Å². The van der Waals surface area contributed by atoms with E-state index in [9.17, 15) is 29.8 Å². The van der Waals surface area contributed by atoms with Crippen molar-refractivity contribution < 1.29 is 39.3 Å². The van der Waals surface area contributed by atoms with Crippen LogP contribution < -0.4 is 16.6 Å². The van der Waals surface area contributed by atoms with Crippen LogP contribution >= 0.6 is 7.82 Å². The first-order valence-corrected chi connectivity index (χ1v) is 8.58. The van der Waals surface area contributed by atoms with E-state index in [1.54, 1.807) is 0 Å². The van der Waals surface area contributed by atoms with Crippen molar-refractivity contribution in [3.8, 4) is 0 Å².